The first-order chi connectivity index (χ1) is 14.8. The smallest absolute Gasteiger partial charge is 0.301 e. The highest BCUT2D eigenvalue weighted by Crippen LogP contribution is 2.44. The molecule has 1 aromatic heterocycles. The Hall–Kier alpha value is -3.30. The lowest BCUT2D eigenvalue weighted by molar-refractivity contribution is -0.132. The van der Waals surface area contributed by atoms with Crippen molar-refractivity contribution in [1.29, 1.82) is 0 Å². The summed E-state index contributed by atoms with van der Waals surface area (Å²) in [4.78, 5) is 27.1. The molecule has 0 saturated carbocycles. The second-order valence-electron chi connectivity index (χ2n) is 6.67. The van der Waals surface area contributed by atoms with Crippen molar-refractivity contribution >= 4 is 45.5 Å². The maximum atomic E-state index is 14.0. The zero-order valence-electron chi connectivity index (χ0n) is 16.3. The second-order valence-corrected chi connectivity index (χ2v) is 8.27. The maximum absolute atomic E-state index is 14.0. The van der Waals surface area contributed by atoms with Gasteiger partial charge in [-0.1, -0.05) is 35.1 Å². The van der Waals surface area contributed by atoms with Crippen LogP contribution in [0.25, 0.3) is 5.76 Å². The summed E-state index contributed by atoms with van der Waals surface area (Å²) in [5, 5.41) is 20.0. The molecule has 2 heterocycles. The van der Waals surface area contributed by atoms with Gasteiger partial charge in [-0.3, -0.25) is 14.5 Å². The number of hydrogen-bond acceptors (Lipinski definition) is 7. The number of amides is 1. The summed E-state index contributed by atoms with van der Waals surface area (Å²) < 4.78 is 19.3. The molecule has 0 spiro atoms. The maximum Gasteiger partial charge on any atom is 0.301 e. The fraction of sp³-hybridized carbons (Fsp3) is 0.143. The topological polar surface area (TPSA) is 92.6 Å². The zero-order chi connectivity index (χ0) is 22.3. The van der Waals surface area contributed by atoms with Gasteiger partial charge in [0.2, 0.25) is 5.13 Å². The molecule has 10 heteroatoms. The average molecular weight is 460 g/mol. The highest BCUT2D eigenvalue weighted by molar-refractivity contribution is 7.15. The minimum atomic E-state index is -1.12. The molecule has 158 valence electrons. The van der Waals surface area contributed by atoms with Crippen LogP contribution in [0.4, 0.5) is 9.52 Å². The monoisotopic (exact) mass is 459 g/mol. The van der Waals surface area contributed by atoms with Crippen LogP contribution in [0, 0.1) is 12.7 Å². The third-order valence-corrected chi connectivity index (χ3v) is 5.82. The van der Waals surface area contributed by atoms with E-state index in [0.717, 1.165) is 16.2 Å². The number of aryl methyl sites for hydroxylation is 1. The van der Waals surface area contributed by atoms with Crippen LogP contribution in [-0.4, -0.2) is 34.1 Å². The van der Waals surface area contributed by atoms with Crippen LogP contribution in [-0.2, 0) is 9.59 Å². The SMILES string of the molecule is COc1ccc(Cl)cc1/C(O)=C1\C(=O)C(=O)N(c2nnc(C)s2)C1c1cccc(F)c1. The van der Waals surface area contributed by atoms with Gasteiger partial charge in [-0.25, -0.2) is 4.39 Å². The predicted molar refractivity (Wildman–Crippen MR) is 114 cm³/mol. The van der Waals surface area contributed by atoms with Crippen LogP contribution in [0.3, 0.4) is 0 Å². The molecule has 0 bridgehead atoms. The molecule has 1 N–H and O–H groups in total. The number of anilines is 1. The molecule has 1 aliphatic rings. The fourth-order valence-electron chi connectivity index (χ4n) is 3.42. The first-order valence-electron chi connectivity index (χ1n) is 9.02. The summed E-state index contributed by atoms with van der Waals surface area (Å²) in [6.07, 6.45) is 0. The molecule has 7 nitrogen and oxygen atoms in total. The summed E-state index contributed by atoms with van der Waals surface area (Å²) in [6, 6.07) is 8.83. The van der Waals surface area contributed by atoms with Gasteiger partial charge in [0.15, 0.2) is 0 Å². The first kappa shape index (κ1) is 21.0. The van der Waals surface area contributed by atoms with Gasteiger partial charge in [0, 0.05) is 5.02 Å². The van der Waals surface area contributed by atoms with E-state index >= 15 is 0 Å². The Morgan fingerprint density at radius 1 is 1.23 bits per heavy atom. The van der Waals surface area contributed by atoms with Crippen molar-refractivity contribution in [3.63, 3.8) is 0 Å². The Morgan fingerprint density at radius 2 is 2.00 bits per heavy atom. The van der Waals surface area contributed by atoms with Gasteiger partial charge in [0.05, 0.1) is 24.3 Å². The number of carbonyl (C=O) groups excluding carboxylic acids is 2. The van der Waals surface area contributed by atoms with E-state index in [4.69, 9.17) is 16.3 Å². The number of nitrogens with zero attached hydrogens (tertiary/aromatic N) is 3. The highest BCUT2D eigenvalue weighted by Gasteiger charge is 2.48. The highest BCUT2D eigenvalue weighted by atomic mass is 35.5. The predicted octanol–water partition coefficient (Wildman–Crippen LogP) is 4.27. The van der Waals surface area contributed by atoms with Crippen LogP contribution in [0.5, 0.6) is 5.75 Å². The Balaban J connectivity index is 1.99. The fourth-order valence-corrected chi connectivity index (χ4v) is 4.30. The van der Waals surface area contributed by atoms with Crippen molar-refractivity contribution in [3.05, 3.63) is 75.0 Å². The van der Waals surface area contributed by atoms with Crippen molar-refractivity contribution in [2.75, 3.05) is 12.0 Å². The van der Waals surface area contributed by atoms with Gasteiger partial charge in [-0.05, 0) is 42.8 Å². The molecule has 3 aromatic rings. The van der Waals surface area contributed by atoms with Crippen molar-refractivity contribution < 1.29 is 23.8 Å². The number of benzene rings is 2. The molecule has 4 rings (SSSR count). The number of aliphatic hydroxyl groups excluding tert-OH is 1. The van der Waals surface area contributed by atoms with Gasteiger partial charge >= 0.3 is 5.91 Å². The standard InChI is InChI=1S/C21H15ClFN3O4S/c1-10-24-25-21(31-10)26-17(11-4-3-5-13(23)8-11)16(19(28)20(26)29)18(27)14-9-12(22)6-7-15(14)30-2/h3-9,17,27H,1-2H3/b18-16+. The number of ether oxygens (including phenoxy) is 1. The third-order valence-electron chi connectivity index (χ3n) is 4.75. The number of rotatable bonds is 4. The number of hydrogen-bond donors (Lipinski definition) is 1. The van der Waals surface area contributed by atoms with E-state index in [2.05, 4.69) is 10.2 Å². The van der Waals surface area contributed by atoms with E-state index in [-0.39, 0.29) is 27.6 Å². The van der Waals surface area contributed by atoms with E-state index in [9.17, 15) is 19.1 Å². The molecule has 1 amide bonds. The summed E-state index contributed by atoms with van der Waals surface area (Å²) >= 11 is 7.17. The quantitative estimate of drug-likeness (QED) is 0.356. The lowest BCUT2D eigenvalue weighted by atomic mass is 9.95. The summed E-state index contributed by atoms with van der Waals surface area (Å²) in [5.74, 6) is -2.65. The van der Waals surface area contributed by atoms with Crippen LogP contribution >= 0.6 is 22.9 Å². The Kier molecular flexibility index (Phi) is 5.47. The molecule has 1 fully saturated rings. The Bertz CT molecular complexity index is 1240. The van der Waals surface area contributed by atoms with E-state index in [0.29, 0.717) is 10.0 Å². The van der Waals surface area contributed by atoms with E-state index in [1.54, 1.807) is 19.1 Å². The second kappa shape index (κ2) is 8.09. The summed E-state index contributed by atoms with van der Waals surface area (Å²) in [7, 11) is 1.40. The van der Waals surface area contributed by atoms with Gasteiger partial charge < -0.3 is 9.84 Å². The lowest BCUT2D eigenvalue weighted by Crippen LogP contribution is -2.29. The van der Waals surface area contributed by atoms with Crippen LogP contribution in [0.2, 0.25) is 5.02 Å². The molecular formula is C21H15ClFN3O4S. The van der Waals surface area contributed by atoms with E-state index < -0.39 is 29.3 Å². The van der Waals surface area contributed by atoms with Gasteiger partial charge in [-0.15, -0.1) is 10.2 Å². The number of ketones is 1. The number of methoxy groups -OCH3 is 1. The zero-order valence-corrected chi connectivity index (χ0v) is 17.9. The van der Waals surface area contributed by atoms with Gasteiger partial charge in [-0.2, -0.15) is 0 Å². The number of carbonyl (C=O) groups is 2. The minimum absolute atomic E-state index is 0.128. The average Bonchev–Trinajstić information content (AvgIpc) is 3.28. The van der Waals surface area contributed by atoms with Gasteiger partial charge in [0.25, 0.3) is 5.78 Å². The molecule has 1 saturated heterocycles. The summed E-state index contributed by atoms with van der Waals surface area (Å²) in [5.41, 5.74) is 0.182. The number of halogens is 2. The molecule has 1 aliphatic heterocycles. The molecular weight excluding hydrogens is 445 g/mol. The molecule has 1 unspecified atom stereocenters. The van der Waals surface area contributed by atoms with Crippen LogP contribution < -0.4 is 9.64 Å². The normalized spacial score (nSPS) is 17.9. The number of aliphatic hydroxyl groups is 1. The molecule has 1 atom stereocenters. The largest absolute Gasteiger partial charge is 0.507 e. The van der Waals surface area contributed by atoms with Gasteiger partial charge in [0.1, 0.15) is 22.3 Å². The Labute approximate surface area is 185 Å². The number of Topliss-reactive ketones (excluding diaryl/α,β-unsaturated/α-hetero) is 1. The first-order valence-corrected chi connectivity index (χ1v) is 10.2. The van der Waals surface area contributed by atoms with E-state index in [1.807, 2.05) is 0 Å². The number of aromatic nitrogens is 2. The van der Waals surface area contributed by atoms with E-state index in [1.165, 1.54) is 37.4 Å². The molecule has 31 heavy (non-hydrogen) atoms. The van der Waals surface area contributed by atoms with Crippen molar-refractivity contribution in [3.8, 4) is 5.75 Å². The summed E-state index contributed by atoms with van der Waals surface area (Å²) in [6.45, 7) is 1.70. The van der Waals surface area contributed by atoms with Crippen LogP contribution in [0.1, 0.15) is 22.2 Å². The van der Waals surface area contributed by atoms with Crippen LogP contribution in [0.15, 0.2) is 48.0 Å². The van der Waals surface area contributed by atoms with Crippen molar-refractivity contribution in [2.45, 2.75) is 13.0 Å². The molecule has 2 aromatic carbocycles. The van der Waals surface area contributed by atoms with Crippen molar-refractivity contribution in [2.24, 2.45) is 0 Å². The molecule has 0 radical (unpaired) electrons. The Morgan fingerprint density at radius 3 is 2.65 bits per heavy atom. The third kappa shape index (κ3) is 3.66. The van der Waals surface area contributed by atoms with Crippen molar-refractivity contribution in [1.82, 2.24) is 10.2 Å². The minimum Gasteiger partial charge on any atom is -0.507 e. The molecule has 0 aliphatic carbocycles. The lowest BCUT2D eigenvalue weighted by Gasteiger charge is -2.22.